The minimum Gasteiger partial charge on any atom is -0.381 e. The lowest BCUT2D eigenvalue weighted by Gasteiger charge is -2.22. The number of hydrogen-bond acceptors (Lipinski definition) is 5. The van der Waals surface area contributed by atoms with E-state index in [1.165, 1.54) is 10.9 Å². The van der Waals surface area contributed by atoms with Crippen molar-refractivity contribution < 1.29 is 8.42 Å². The molecule has 1 unspecified atom stereocenters. The van der Waals surface area contributed by atoms with E-state index in [9.17, 15) is 8.42 Å². The highest BCUT2D eigenvalue weighted by molar-refractivity contribution is 8.01. The summed E-state index contributed by atoms with van der Waals surface area (Å²) in [5, 5.41) is 3.84. The smallest absolute Gasteiger partial charge is 0.245 e. The van der Waals surface area contributed by atoms with Gasteiger partial charge in [0.1, 0.15) is 4.90 Å². The predicted octanol–water partition coefficient (Wildman–Crippen LogP) is 0.566. The summed E-state index contributed by atoms with van der Waals surface area (Å²) in [5.74, 6) is 1.13. The van der Waals surface area contributed by atoms with E-state index in [-0.39, 0.29) is 15.5 Å². The lowest BCUT2D eigenvalue weighted by molar-refractivity contribution is 0.552. The molecule has 0 aromatic carbocycles. The van der Waals surface area contributed by atoms with Crippen LogP contribution in [0.2, 0.25) is 0 Å². The molecule has 1 saturated heterocycles. The van der Waals surface area contributed by atoms with Gasteiger partial charge in [0.15, 0.2) is 5.82 Å². The Morgan fingerprint density at radius 2 is 2.39 bits per heavy atom. The van der Waals surface area contributed by atoms with Crippen LogP contribution in [-0.4, -0.2) is 35.2 Å². The Labute approximate surface area is 111 Å². The maximum Gasteiger partial charge on any atom is 0.245 e. The molecular formula is C10H18N4O2S2. The fourth-order valence-electron chi connectivity index (χ4n) is 1.99. The Morgan fingerprint density at radius 3 is 2.89 bits per heavy atom. The van der Waals surface area contributed by atoms with Gasteiger partial charge in [-0.15, -0.1) is 0 Å². The Hall–Kier alpha value is -0.730. The van der Waals surface area contributed by atoms with Gasteiger partial charge in [-0.05, 0) is 25.5 Å². The van der Waals surface area contributed by atoms with Crippen LogP contribution in [0.1, 0.15) is 19.8 Å². The van der Waals surface area contributed by atoms with Crippen LogP contribution in [0.25, 0.3) is 0 Å². The van der Waals surface area contributed by atoms with Crippen LogP contribution in [0.15, 0.2) is 11.1 Å². The Balaban J connectivity index is 2.10. The van der Waals surface area contributed by atoms with E-state index in [1.807, 2.05) is 11.8 Å². The van der Waals surface area contributed by atoms with Crippen LogP contribution in [0.3, 0.4) is 0 Å². The van der Waals surface area contributed by atoms with Gasteiger partial charge in [0, 0.05) is 24.5 Å². The molecule has 0 saturated carbocycles. The van der Waals surface area contributed by atoms with Crippen molar-refractivity contribution in [2.45, 2.75) is 29.4 Å². The van der Waals surface area contributed by atoms with Gasteiger partial charge in [-0.25, -0.2) is 13.1 Å². The standard InChI is InChI=1S/C10H18N4O2S2/c1-10(4-3-5-17-10)7-12-18(15,16)8-6-14(2)13-9(8)11/h6,12H,3-5,7H2,1-2H3,(H2,11,13). The highest BCUT2D eigenvalue weighted by atomic mass is 32.2. The van der Waals surface area contributed by atoms with Crippen molar-refractivity contribution in [3.05, 3.63) is 6.20 Å². The number of nitrogens with one attached hydrogen (secondary N) is 1. The van der Waals surface area contributed by atoms with E-state index in [4.69, 9.17) is 5.73 Å². The largest absolute Gasteiger partial charge is 0.381 e. The topological polar surface area (TPSA) is 90.0 Å². The first-order chi connectivity index (χ1) is 8.32. The van der Waals surface area contributed by atoms with Crippen LogP contribution in [-0.2, 0) is 17.1 Å². The van der Waals surface area contributed by atoms with E-state index in [2.05, 4.69) is 16.7 Å². The van der Waals surface area contributed by atoms with Gasteiger partial charge in [0.05, 0.1) is 0 Å². The molecule has 0 bridgehead atoms. The molecule has 18 heavy (non-hydrogen) atoms. The minimum atomic E-state index is -3.57. The van der Waals surface area contributed by atoms with Crippen molar-refractivity contribution in [2.75, 3.05) is 18.0 Å². The average molecular weight is 290 g/mol. The number of nitrogen functional groups attached to an aromatic ring is 1. The molecule has 3 N–H and O–H groups in total. The molecule has 1 fully saturated rings. The van der Waals surface area contributed by atoms with E-state index in [1.54, 1.807) is 7.05 Å². The Bertz CT molecular complexity index is 532. The van der Waals surface area contributed by atoms with E-state index >= 15 is 0 Å². The number of aryl methyl sites for hydroxylation is 1. The van der Waals surface area contributed by atoms with Gasteiger partial charge in [-0.2, -0.15) is 16.9 Å². The highest BCUT2D eigenvalue weighted by Crippen LogP contribution is 2.37. The molecule has 1 aromatic heterocycles. The number of aromatic nitrogens is 2. The number of anilines is 1. The number of nitrogens with zero attached hydrogens (tertiary/aromatic N) is 2. The lowest BCUT2D eigenvalue weighted by atomic mass is 10.1. The van der Waals surface area contributed by atoms with Gasteiger partial charge < -0.3 is 5.73 Å². The van der Waals surface area contributed by atoms with Crippen molar-refractivity contribution in [1.29, 1.82) is 0 Å². The molecule has 102 valence electrons. The number of sulfonamides is 1. The summed E-state index contributed by atoms with van der Waals surface area (Å²) < 4.78 is 28.2. The number of hydrogen-bond donors (Lipinski definition) is 2. The van der Waals surface area contributed by atoms with Crippen LogP contribution in [0.5, 0.6) is 0 Å². The molecule has 6 nitrogen and oxygen atoms in total. The summed E-state index contributed by atoms with van der Waals surface area (Å²) in [6.07, 6.45) is 3.59. The summed E-state index contributed by atoms with van der Waals surface area (Å²) in [6, 6.07) is 0. The molecule has 1 aliphatic heterocycles. The van der Waals surface area contributed by atoms with Gasteiger partial charge in [-0.1, -0.05) is 0 Å². The Morgan fingerprint density at radius 1 is 1.67 bits per heavy atom. The van der Waals surface area contributed by atoms with E-state index in [0.29, 0.717) is 6.54 Å². The second-order valence-corrected chi connectivity index (χ2v) is 8.20. The number of rotatable bonds is 4. The first-order valence-electron chi connectivity index (χ1n) is 5.75. The van der Waals surface area contributed by atoms with Crippen molar-refractivity contribution in [3.8, 4) is 0 Å². The summed E-state index contributed by atoms with van der Waals surface area (Å²) in [4.78, 5) is 0.0524. The number of nitrogens with two attached hydrogens (primary N) is 1. The highest BCUT2D eigenvalue weighted by Gasteiger charge is 2.31. The predicted molar refractivity (Wildman–Crippen MR) is 72.9 cm³/mol. The van der Waals surface area contributed by atoms with Crippen molar-refractivity contribution in [2.24, 2.45) is 7.05 Å². The van der Waals surface area contributed by atoms with Crippen molar-refractivity contribution >= 4 is 27.6 Å². The van der Waals surface area contributed by atoms with Gasteiger partial charge in [-0.3, -0.25) is 4.68 Å². The van der Waals surface area contributed by atoms with Crippen LogP contribution in [0, 0.1) is 0 Å². The second kappa shape index (κ2) is 4.75. The molecule has 2 rings (SSSR count). The zero-order valence-electron chi connectivity index (χ0n) is 10.5. The number of thioether (sulfide) groups is 1. The lowest BCUT2D eigenvalue weighted by Crippen LogP contribution is -2.36. The van der Waals surface area contributed by atoms with E-state index in [0.717, 1.165) is 18.6 Å². The molecular weight excluding hydrogens is 272 g/mol. The molecule has 0 amide bonds. The zero-order valence-corrected chi connectivity index (χ0v) is 12.1. The normalized spacial score (nSPS) is 24.6. The molecule has 2 heterocycles. The summed E-state index contributed by atoms with van der Waals surface area (Å²) in [6.45, 7) is 2.51. The maximum atomic E-state index is 12.1. The fraction of sp³-hybridized carbons (Fsp3) is 0.700. The molecule has 0 radical (unpaired) electrons. The summed E-state index contributed by atoms with van der Waals surface area (Å²) >= 11 is 1.81. The quantitative estimate of drug-likeness (QED) is 0.846. The SMILES string of the molecule is Cn1cc(S(=O)(=O)NCC2(C)CCCS2)c(N)n1. The van der Waals surface area contributed by atoms with Crippen LogP contribution < -0.4 is 10.5 Å². The van der Waals surface area contributed by atoms with Gasteiger partial charge in [0.2, 0.25) is 10.0 Å². The zero-order chi connectivity index (χ0) is 13.4. The maximum absolute atomic E-state index is 12.1. The summed E-state index contributed by atoms with van der Waals surface area (Å²) in [7, 11) is -1.93. The van der Waals surface area contributed by atoms with E-state index < -0.39 is 10.0 Å². The minimum absolute atomic E-state index is 0.00988. The molecule has 1 atom stereocenters. The third-order valence-corrected chi connectivity index (χ3v) is 6.00. The summed E-state index contributed by atoms with van der Waals surface area (Å²) in [5.41, 5.74) is 5.59. The van der Waals surface area contributed by atoms with Crippen LogP contribution in [0.4, 0.5) is 5.82 Å². The second-order valence-electron chi connectivity index (χ2n) is 4.78. The average Bonchev–Trinajstić information content (AvgIpc) is 2.84. The molecule has 1 aliphatic rings. The van der Waals surface area contributed by atoms with Gasteiger partial charge >= 0.3 is 0 Å². The molecule has 0 spiro atoms. The first-order valence-corrected chi connectivity index (χ1v) is 8.22. The molecule has 8 heteroatoms. The Kier molecular flexibility index (Phi) is 3.61. The molecule has 1 aromatic rings. The third-order valence-electron chi connectivity index (χ3n) is 3.05. The monoisotopic (exact) mass is 290 g/mol. The van der Waals surface area contributed by atoms with Crippen LogP contribution >= 0.6 is 11.8 Å². The van der Waals surface area contributed by atoms with Crippen molar-refractivity contribution in [3.63, 3.8) is 0 Å². The fourth-order valence-corrected chi connectivity index (χ4v) is 4.60. The molecule has 0 aliphatic carbocycles. The first kappa shape index (κ1) is 13.7. The van der Waals surface area contributed by atoms with Gasteiger partial charge in [0.25, 0.3) is 0 Å². The van der Waals surface area contributed by atoms with Crippen molar-refractivity contribution in [1.82, 2.24) is 14.5 Å². The third kappa shape index (κ3) is 2.81.